The first-order chi connectivity index (χ1) is 33.7. The molecule has 0 amide bonds. The summed E-state index contributed by atoms with van der Waals surface area (Å²) in [5.41, 5.74) is 10.5. The van der Waals surface area contributed by atoms with Gasteiger partial charge in [0.2, 0.25) is 0 Å². The first-order valence-corrected chi connectivity index (χ1v) is 27.3. The molecule has 320 valence electrons. The zero-order valence-electron chi connectivity index (χ0n) is 37.2. The number of aromatic nitrogens is 4. The Kier molecular flexibility index (Phi) is 10.7. The largest absolute Gasteiger partial charge is 0.0617 e. The molecule has 0 aliphatic heterocycles. The predicted molar refractivity (Wildman–Crippen MR) is 285 cm³/mol. The van der Waals surface area contributed by atoms with Crippen LogP contribution in [-0.4, -0.2) is 32.8 Å². The molecule has 12 aromatic rings. The van der Waals surface area contributed by atoms with Gasteiger partial charge in [-0.1, -0.05) is 42.5 Å². The number of hydrogen-bond donors (Lipinski definition) is 0. The summed E-state index contributed by atoms with van der Waals surface area (Å²) in [7, 11) is 0. The summed E-state index contributed by atoms with van der Waals surface area (Å²) >= 11 is -3.59. The quantitative estimate of drug-likeness (QED) is 0.128. The second-order valence-electron chi connectivity index (χ2n) is 17.1. The molecule has 2 aromatic heterocycles. The number of nitrogens with zero attached hydrogens (tertiary/aromatic N) is 4. The fourth-order valence-corrected chi connectivity index (χ4v) is 20.1. The number of hydrogen-bond acceptors (Lipinski definition) is 3. The second-order valence-corrected chi connectivity index (χ2v) is 25.1. The number of para-hydroxylation sites is 1. The maximum absolute atomic E-state index is 5.37. The van der Waals surface area contributed by atoms with Crippen LogP contribution >= 0.6 is 0 Å². The second kappa shape index (κ2) is 17.7. The number of benzene rings is 10. The van der Waals surface area contributed by atoms with E-state index in [9.17, 15) is 0 Å². The smallest absolute Gasteiger partial charge is 0.0544 e. The Balaban J connectivity index is 1.12. The van der Waals surface area contributed by atoms with E-state index in [2.05, 4.69) is 235 Å². The van der Waals surface area contributed by atoms with Crippen LogP contribution in [0.15, 0.2) is 267 Å². The Labute approximate surface area is 398 Å². The van der Waals surface area contributed by atoms with Crippen LogP contribution in [0.4, 0.5) is 0 Å². The maximum atomic E-state index is 5.37. The van der Waals surface area contributed by atoms with Crippen molar-refractivity contribution in [3.8, 4) is 62.1 Å². The maximum Gasteiger partial charge on any atom is -0.0544 e. The Morgan fingerprint density at radius 1 is 0.265 bits per heavy atom. The molecular formula is C63H44GeN4. The Morgan fingerprint density at radius 2 is 0.676 bits per heavy atom. The van der Waals surface area contributed by atoms with Gasteiger partial charge in [0.05, 0.1) is 0 Å². The van der Waals surface area contributed by atoms with E-state index in [1.807, 2.05) is 36.4 Å². The first-order valence-electron chi connectivity index (χ1n) is 23.1. The SMILES string of the molecule is c1ccc(-c2ccc3c(c2)c2ccccc2n3-c2ccc(-c3ccc[c]([Ge]([c]4ccccc4)([c]4ccccc4)[c]4ccccc4)c3)cc2-c2nc(-c3ccccc3)nc(-c3ccccc3)n2)cc1. The van der Waals surface area contributed by atoms with E-state index in [1.165, 1.54) is 39.5 Å². The topological polar surface area (TPSA) is 43.6 Å². The predicted octanol–water partition coefficient (Wildman–Crippen LogP) is 12.7. The molecule has 0 unspecified atom stereocenters. The molecule has 0 saturated heterocycles. The molecule has 0 fully saturated rings. The minimum Gasteiger partial charge on any atom is -0.0617 e. The van der Waals surface area contributed by atoms with Gasteiger partial charge in [-0.15, -0.1) is 0 Å². The number of fused-ring (bicyclic) bond motifs is 3. The van der Waals surface area contributed by atoms with Crippen LogP contribution in [0.2, 0.25) is 0 Å². The van der Waals surface area contributed by atoms with Crippen molar-refractivity contribution in [2.75, 3.05) is 0 Å². The molecule has 4 nitrogen and oxygen atoms in total. The van der Waals surface area contributed by atoms with Crippen molar-refractivity contribution in [1.29, 1.82) is 0 Å². The molecule has 0 aliphatic carbocycles. The van der Waals surface area contributed by atoms with Gasteiger partial charge < -0.3 is 0 Å². The zero-order valence-corrected chi connectivity index (χ0v) is 39.3. The van der Waals surface area contributed by atoms with Crippen LogP contribution in [-0.2, 0) is 0 Å². The van der Waals surface area contributed by atoms with E-state index < -0.39 is 13.3 Å². The third-order valence-corrected chi connectivity index (χ3v) is 23.2. The molecule has 0 atom stereocenters. The van der Waals surface area contributed by atoms with Gasteiger partial charge in [-0.25, -0.2) is 0 Å². The Morgan fingerprint density at radius 3 is 1.25 bits per heavy atom. The third-order valence-electron chi connectivity index (χ3n) is 13.2. The van der Waals surface area contributed by atoms with Crippen molar-refractivity contribution < 1.29 is 0 Å². The van der Waals surface area contributed by atoms with Crippen molar-refractivity contribution in [2.45, 2.75) is 0 Å². The third kappa shape index (κ3) is 7.32. The molecule has 0 saturated carbocycles. The van der Waals surface area contributed by atoms with Gasteiger partial charge >= 0.3 is 353 Å². The summed E-state index contributed by atoms with van der Waals surface area (Å²) in [4.78, 5) is 15.8. The minimum atomic E-state index is -3.59. The van der Waals surface area contributed by atoms with Gasteiger partial charge in [0, 0.05) is 0 Å². The molecule has 68 heavy (non-hydrogen) atoms. The van der Waals surface area contributed by atoms with Crippen LogP contribution in [0.5, 0.6) is 0 Å². The van der Waals surface area contributed by atoms with Crippen LogP contribution < -0.4 is 17.6 Å². The summed E-state index contributed by atoms with van der Waals surface area (Å²) in [6.45, 7) is 0. The van der Waals surface area contributed by atoms with Gasteiger partial charge in [-0.3, -0.25) is 0 Å². The molecule has 0 aliphatic rings. The average Bonchev–Trinajstić information content (AvgIpc) is 3.76. The van der Waals surface area contributed by atoms with Crippen LogP contribution in [0.3, 0.4) is 0 Å². The first kappa shape index (κ1) is 41.0. The van der Waals surface area contributed by atoms with Gasteiger partial charge in [0.1, 0.15) is 0 Å². The summed E-state index contributed by atoms with van der Waals surface area (Å²) in [5, 5.41) is 2.36. The van der Waals surface area contributed by atoms with Crippen molar-refractivity contribution in [3.63, 3.8) is 0 Å². The van der Waals surface area contributed by atoms with E-state index >= 15 is 0 Å². The monoisotopic (exact) mass is 930 g/mol. The summed E-state index contributed by atoms with van der Waals surface area (Å²) < 4.78 is 7.89. The zero-order chi connectivity index (χ0) is 45.3. The summed E-state index contributed by atoms with van der Waals surface area (Å²) in [6, 6.07) is 96.3. The van der Waals surface area contributed by atoms with Crippen molar-refractivity contribution in [1.82, 2.24) is 19.5 Å². The van der Waals surface area contributed by atoms with E-state index in [0.717, 1.165) is 44.5 Å². The van der Waals surface area contributed by atoms with Crippen LogP contribution in [0.25, 0.3) is 83.9 Å². The molecule has 10 aromatic carbocycles. The van der Waals surface area contributed by atoms with E-state index in [4.69, 9.17) is 15.0 Å². The fraction of sp³-hybridized carbons (Fsp3) is 0. The average molecular weight is 930 g/mol. The van der Waals surface area contributed by atoms with Crippen molar-refractivity contribution in [3.05, 3.63) is 267 Å². The van der Waals surface area contributed by atoms with Crippen molar-refractivity contribution in [2.24, 2.45) is 0 Å². The molecule has 2 heterocycles. The normalized spacial score (nSPS) is 11.5. The van der Waals surface area contributed by atoms with Gasteiger partial charge in [0.25, 0.3) is 0 Å². The molecule has 5 heteroatoms. The minimum absolute atomic E-state index is 0.599. The Bertz CT molecular complexity index is 3560. The van der Waals surface area contributed by atoms with E-state index in [-0.39, 0.29) is 0 Å². The molecule has 0 bridgehead atoms. The van der Waals surface area contributed by atoms with Crippen LogP contribution in [0, 0.1) is 0 Å². The molecule has 0 radical (unpaired) electrons. The van der Waals surface area contributed by atoms with Gasteiger partial charge in [-0.2, -0.15) is 0 Å². The standard InChI is InChI=1S/C63H44GeN4/c1-7-22-45(23-8-1)49-38-40-59-56(43-49)55-36-19-20-37-58(55)68(59)60-41-39-50(44-57(60)63-66-61(46-24-9-2-10-25-46)65-62(67-63)47-26-11-3-12-27-47)48-28-21-35-54(42-48)64(51-29-13-4-14-30-51,52-31-15-5-16-32-52)53-33-17-6-18-34-53/h1-44H. The molecule has 0 spiro atoms. The van der Waals surface area contributed by atoms with E-state index in [0.29, 0.717) is 17.5 Å². The van der Waals surface area contributed by atoms with Crippen molar-refractivity contribution >= 4 is 52.7 Å². The van der Waals surface area contributed by atoms with Gasteiger partial charge in [-0.05, 0) is 5.56 Å². The summed E-state index contributed by atoms with van der Waals surface area (Å²) in [5.74, 6) is 1.84. The fourth-order valence-electron chi connectivity index (χ4n) is 10.1. The summed E-state index contributed by atoms with van der Waals surface area (Å²) in [6.07, 6.45) is 0. The molecular weight excluding hydrogens is 885 g/mol. The van der Waals surface area contributed by atoms with Gasteiger partial charge in [0.15, 0.2) is 0 Å². The van der Waals surface area contributed by atoms with Crippen LogP contribution in [0.1, 0.15) is 0 Å². The van der Waals surface area contributed by atoms with E-state index in [1.54, 1.807) is 0 Å². The molecule has 12 rings (SSSR count). The molecule has 0 N–H and O–H groups in total. The Hall–Kier alpha value is -8.45. The number of rotatable bonds is 10.